The van der Waals surface area contributed by atoms with Crippen LogP contribution in [-0.4, -0.2) is 47.7 Å². The van der Waals surface area contributed by atoms with E-state index in [1.54, 1.807) is 11.0 Å². The van der Waals surface area contributed by atoms with Crippen LogP contribution in [0.5, 0.6) is 0 Å². The minimum atomic E-state index is -0.738. The third-order valence-corrected chi connectivity index (χ3v) is 5.21. The highest BCUT2D eigenvalue weighted by molar-refractivity contribution is 9.11. The Morgan fingerprint density at radius 1 is 1.38 bits per heavy atom. The monoisotopic (exact) mass is 446 g/mol. The van der Waals surface area contributed by atoms with Crippen LogP contribution in [0.25, 0.3) is 0 Å². The SMILES string of the molecule is CC(C)(C)OC(=O)N1CCCC(NC(=O)c2sc(Br)cc2NC(N)=O)C1. The highest BCUT2D eigenvalue weighted by atomic mass is 79.9. The molecular weight excluding hydrogens is 424 g/mol. The molecule has 2 heterocycles. The van der Waals surface area contributed by atoms with Crippen molar-refractivity contribution in [3.05, 3.63) is 14.7 Å². The summed E-state index contributed by atoms with van der Waals surface area (Å²) in [7, 11) is 0. The smallest absolute Gasteiger partial charge is 0.410 e. The maximum Gasteiger partial charge on any atom is 0.410 e. The molecule has 1 fully saturated rings. The largest absolute Gasteiger partial charge is 0.444 e. The number of nitrogens with zero attached hydrogens (tertiary/aromatic N) is 1. The first-order valence-electron chi connectivity index (χ1n) is 8.20. The molecule has 4 N–H and O–H groups in total. The van der Waals surface area contributed by atoms with Gasteiger partial charge in [-0.3, -0.25) is 4.79 Å². The van der Waals surface area contributed by atoms with Gasteiger partial charge in [-0.05, 0) is 55.6 Å². The van der Waals surface area contributed by atoms with Gasteiger partial charge in [0, 0.05) is 19.1 Å². The topological polar surface area (TPSA) is 114 Å². The zero-order valence-electron chi connectivity index (χ0n) is 14.9. The Morgan fingerprint density at radius 3 is 2.69 bits per heavy atom. The lowest BCUT2D eigenvalue weighted by Gasteiger charge is -2.34. The number of hydrogen-bond donors (Lipinski definition) is 3. The maximum absolute atomic E-state index is 12.6. The van der Waals surface area contributed by atoms with E-state index in [1.165, 1.54) is 11.3 Å². The summed E-state index contributed by atoms with van der Waals surface area (Å²) in [5, 5.41) is 5.36. The number of anilines is 1. The zero-order chi connectivity index (χ0) is 19.5. The predicted molar refractivity (Wildman–Crippen MR) is 104 cm³/mol. The Labute approximate surface area is 164 Å². The van der Waals surface area contributed by atoms with Gasteiger partial charge in [0.25, 0.3) is 5.91 Å². The highest BCUT2D eigenvalue weighted by Gasteiger charge is 2.29. The van der Waals surface area contributed by atoms with Crippen LogP contribution in [0.15, 0.2) is 9.85 Å². The number of likely N-dealkylation sites (tertiary alicyclic amines) is 1. The average Bonchev–Trinajstić information content (AvgIpc) is 2.85. The van der Waals surface area contributed by atoms with Crippen molar-refractivity contribution in [3.63, 3.8) is 0 Å². The summed E-state index contributed by atoms with van der Waals surface area (Å²) in [6, 6.07) is 0.697. The number of rotatable bonds is 3. The van der Waals surface area contributed by atoms with Gasteiger partial charge >= 0.3 is 12.1 Å². The molecule has 1 aliphatic heterocycles. The van der Waals surface area contributed by atoms with Crippen molar-refractivity contribution >= 4 is 51.0 Å². The van der Waals surface area contributed by atoms with E-state index >= 15 is 0 Å². The van der Waals surface area contributed by atoms with Crippen molar-refractivity contribution in [2.45, 2.75) is 45.3 Å². The lowest BCUT2D eigenvalue weighted by atomic mass is 10.1. The van der Waals surface area contributed by atoms with E-state index in [4.69, 9.17) is 10.5 Å². The van der Waals surface area contributed by atoms with Crippen molar-refractivity contribution in [1.82, 2.24) is 10.2 Å². The Bertz CT molecular complexity index is 701. The summed E-state index contributed by atoms with van der Waals surface area (Å²) in [4.78, 5) is 37.8. The van der Waals surface area contributed by atoms with E-state index in [1.807, 2.05) is 20.8 Å². The normalized spacial score (nSPS) is 17.5. The van der Waals surface area contributed by atoms with Crippen LogP contribution in [0.2, 0.25) is 0 Å². The lowest BCUT2D eigenvalue weighted by molar-refractivity contribution is 0.0185. The molecule has 1 aliphatic rings. The van der Waals surface area contributed by atoms with Gasteiger partial charge in [0.2, 0.25) is 0 Å². The molecule has 1 atom stereocenters. The van der Waals surface area contributed by atoms with Crippen LogP contribution in [0.3, 0.4) is 0 Å². The molecule has 0 aromatic carbocycles. The number of carbonyl (C=O) groups is 3. The van der Waals surface area contributed by atoms with Gasteiger partial charge in [-0.25, -0.2) is 9.59 Å². The van der Waals surface area contributed by atoms with E-state index in [-0.39, 0.29) is 18.0 Å². The Morgan fingerprint density at radius 2 is 2.08 bits per heavy atom. The van der Waals surface area contributed by atoms with Crippen LogP contribution < -0.4 is 16.4 Å². The predicted octanol–water partition coefficient (Wildman–Crippen LogP) is 3.13. The number of thiophene rings is 1. The number of carbonyl (C=O) groups excluding carboxylic acids is 3. The summed E-state index contributed by atoms with van der Waals surface area (Å²) in [5.41, 5.74) is 4.93. The second kappa shape index (κ2) is 8.26. The number of primary amides is 1. The van der Waals surface area contributed by atoms with Crippen molar-refractivity contribution in [1.29, 1.82) is 0 Å². The summed E-state index contributed by atoms with van der Waals surface area (Å²) < 4.78 is 6.09. The second-order valence-corrected chi connectivity index (χ2v) is 9.45. The van der Waals surface area contributed by atoms with Crippen LogP contribution in [0, 0.1) is 0 Å². The Balaban J connectivity index is 2.01. The first kappa shape index (κ1) is 20.5. The lowest BCUT2D eigenvalue weighted by Crippen LogP contribution is -2.50. The van der Waals surface area contributed by atoms with Gasteiger partial charge in [0.1, 0.15) is 10.5 Å². The fourth-order valence-electron chi connectivity index (χ4n) is 2.59. The molecule has 8 nitrogen and oxygen atoms in total. The number of urea groups is 1. The number of amides is 4. The van der Waals surface area contributed by atoms with Gasteiger partial charge in [-0.2, -0.15) is 0 Å². The van der Waals surface area contributed by atoms with Crippen molar-refractivity contribution in [3.8, 4) is 0 Å². The van der Waals surface area contributed by atoms with Gasteiger partial charge in [-0.15, -0.1) is 11.3 Å². The molecule has 0 radical (unpaired) electrons. The number of piperidine rings is 1. The summed E-state index contributed by atoms with van der Waals surface area (Å²) in [6.07, 6.45) is 1.15. The van der Waals surface area contributed by atoms with E-state index in [0.717, 1.165) is 12.8 Å². The second-order valence-electron chi connectivity index (χ2n) is 7.02. The molecule has 144 valence electrons. The number of halogens is 1. The Hall–Kier alpha value is -1.81. The number of nitrogens with two attached hydrogens (primary N) is 1. The molecule has 10 heteroatoms. The fraction of sp³-hybridized carbons (Fsp3) is 0.562. The van der Waals surface area contributed by atoms with Gasteiger partial charge < -0.3 is 26.0 Å². The Kier molecular flexibility index (Phi) is 6.51. The number of ether oxygens (including phenoxy) is 1. The summed E-state index contributed by atoms with van der Waals surface area (Å²) in [5.74, 6) is -0.319. The molecule has 2 rings (SSSR count). The molecule has 1 unspecified atom stereocenters. The third-order valence-electron chi connectivity index (χ3n) is 3.57. The van der Waals surface area contributed by atoms with Crippen LogP contribution in [0.1, 0.15) is 43.3 Å². The number of hydrogen-bond acceptors (Lipinski definition) is 5. The number of nitrogens with one attached hydrogen (secondary N) is 2. The van der Waals surface area contributed by atoms with Crippen LogP contribution >= 0.6 is 27.3 Å². The molecule has 0 spiro atoms. The first-order valence-corrected chi connectivity index (χ1v) is 9.80. The summed E-state index contributed by atoms with van der Waals surface area (Å²) in [6.45, 7) is 6.42. The molecule has 4 amide bonds. The minimum Gasteiger partial charge on any atom is -0.444 e. The van der Waals surface area contributed by atoms with Gasteiger partial charge in [0.05, 0.1) is 9.47 Å². The summed E-state index contributed by atoms with van der Waals surface area (Å²) >= 11 is 4.50. The quantitative estimate of drug-likeness (QED) is 0.661. The van der Waals surface area contributed by atoms with E-state index < -0.39 is 11.6 Å². The van der Waals surface area contributed by atoms with Crippen LogP contribution in [0.4, 0.5) is 15.3 Å². The van der Waals surface area contributed by atoms with Gasteiger partial charge in [0.15, 0.2) is 0 Å². The molecule has 0 saturated carbocycles. The highest BCUT2D eigenvalue weighted by Crippen LogP contribution is 2.31. The standard InChI is InChI=1S/C16H23BrN4O4S/c1-16(2,3)25-15(24)21-6-4-5-9(8-21)19-13(22)12-10(20-14(18)23)7-11(17)26-12/h7,9H,4-6,8H2,1-3H3,(H,19,22)(H3,18,20,23). The van der Waals surface area contributed by atoms with E-state index in [2.05, 4.69) is 26.6 Å². The zero-order valence-corrected chi connectivity index (χ0v) is 17.3. The van der Waals surface area contributed by atoms with Crippen LogP contribution in [-0.2, 0) is 4.74 Å². The van der Waals surface area contributed by atoms with Gasteiger partial charge in [-0.1, -0.05) is 0 Å². The molecule has 0 bridgehead atoms. The first-order chi connectivity index (χ1) is 12.0. The van der Waals surface area contributed by atoms with E-state index in [9.17, 15) is 14.4 Å². The molecule has 1 aromatic rings. The average molecular weight is 447 g/mol. The van der Waals surface area contributed by atoms with Crippen molar-refractivity contribution in [2.75, 3.05) is 18.4 Å². The molecule has 26 heavy (non-hydrogen) atoms. The molecule has 1 saturated heterocycles. The third kappa shape index (κ3) is 5.87. The molecule has 1 aromatic heterocycles. The maximum atomic E-state index is 12.6. The van der Waals surface area contributed by atoms with Crippen molar-refractivity contribution in [2.24, 2.45) is 5.73 Å². The fourth-order valence-corrected chi connectivity index (χ4v) is 4.05. The minimum absolute atomic E-state index is 0.189. The molecular formula is C16H23BrN4O4S. The molecule has 0 aliphatic carbocycles. The van der Waals surface area contributed by atoms with Crippen molar-refractivity contribution < 1.29 is 19.1 Å². The van der Waals surface area contributed by atoms with E-state index in [0.29, 0.717) is 27.4 Å².